The maximum Gasteiger partial charge on any atom is 0.424 e. The minimum Gasteiger partial charge on any atom is -0.443 e. The summed E-state index contributed by atoms with van der Waals surface area (Å²) in [5.41, 5.74) is 0.780. The first-order valence-electron chi connectivity index (χ1n) is 9.71. The maximum absolute atomic E-state index is 13.1. The fourth-order valence-corrected chi connectivity index (χ4v) is 3.84. The van der Waals surface area contributed by atoms with E-state index in [1.54, 1.807) is 32.5 Å². The molecule has 28 heavy (non-hydrogen) atoms. The standard InChI is InChI=1S/C20H28N4O3S/c1-5-11-28-13-8-9-14-16(12-13)23-18(22-14)24(19(26)27-20(2,3)4)17(25)15-7-6-10-21-15/h8-9,12,15,21H,5-7,10-11H2,1-4H3,(H,22,23)/t15-/m0/s1. The molecule has 1 aromatic carbocycles. The van der Waals surface area contributed by atoms with Crippen molar-refractivity contribution in [3.05, 3.63) is 18.2 Å². The zero-order valence-corrected chi connectivity index (χ0v) is 17.7. The van der Waals surface area contributed by atoms with Crippen molar-refractivity contribution in [3.63, 3.8) is 0 Å². The van der Waals surface area contributed by atoms with Gasteiger partial charge >= 0.3 is 6.09 Å². The Balaban J connectivity index is 1.94. The van der Waals surface area contributed by atoms with Gasteiger partial charge in [-0.25, -0.2) is 9.78 Å². The third kappa shape index (κ3) is 4.86. The molecule has 0 radical (unpaired) electrons. The van der Waals surface area contributed by atoms with Gasteiger partial charge in [0.05, 0.1) is 17.1 Å². The third-order valence-corrected chi connectivity index (χ3v) is 5.48. The number of amides is 2. The summed E-state index contributed by atoms with van der Waals surface area (Å²) < 4.78 is 5.48. The van der Waals surface area contributed by atoms with Crippen LogP contribution in [0.4, 0.5) is 10.7 Å². The number of ether oxygens (including phenoxy) is 1. The van der Waals surface area contributed by atoms with Crippen molar-refractivity contribution < 1.29 is 14.3 Å². The zero-order valence-electron chi connectivity index (χ0n) is 16.9. The maximum atomic E-state index is 13.1. The molecular weight excluding hydrogens is 376 g/mol. The summed E-state index contributed by atoms with van der Waals surface area (Å²) in [6, 6.07) is 5.50. The van der Waals surface area contributed by atoms with Crippen LogP contribution in [0.25, 0.3) is 11.0 Å². The Morgan fingerprint density at radius 1 is 1.36 bits per heavy atom. The lowest BCUT2D eigenvalue weighted by Gasteiger charge is -2.26. The van der Waals surface area contributed by atoms with Gasteiger partial charge in [0.25, 0.3) is 5.91 Å². The molecule has 2 amide bonds. The number of imide groups is 1. The van der Waals surface area contributed by atoms with Crippen LogP contribution in [0.2, 0.25) is 0 Å². The molecule has 1 atom stereocenters. The molecule has 0 unspecified atom stereocenters. The molecule has 0 aliphatic carbocycles. The highest BCUT2D eigenvalue weighted by atomic mass is 32.2. The molecule has 2 heterocycles. The molecule has 1 fully saturated rings. The summed E-state index contributed by atoms with van der Waals surface area (Å²) in [5.74, 6) is 0.884. The van der Waals surface area contributed by atoms with E-state index in [0.29, 0.717) is 11.9 Å². The first-order chi connectivity index (χ1) is 13.3. The number of aromatic nitrogens is 2. The van der Waals surface area contributed by atoms with Gasteiger partial charge in [0.15, 0.2) is 0 Å². The topological polar surface area (TPSA) is 87.3 Å². The molecule has 1 aliphatic heterocycles. The molecule has 8 heteroatoms. The van der Waals surface area contributed by atoms with Crippen molar-refractivity contribution in [2.24, 2.45) is 0 Å². The number of hydrogen-bond donors (Lipinski definition) is 2. The molecule has 2 aromatic rings. The summed E-state index contributed by atoms with van der Waals surface area (Å²) in [6.07, 6.45) is 1.96. The van der Waals surface area contributed by atoms with Gasteiger partial charge in [0.1, 0.15) is 5.60 Å². The lowest BCUT2D eigenvalue weighted by Crippen LogP contribution is -2.49. The first kappa shape index (κ1) is 20.7. The Kier molecular flexibility index (Phi) is 6.30. The Bertz CT molecular complexity index is 853. The number of carbonyl (C=O) groups is 2. The van der Waals surface area contributed by atoms with E-state index < -0.39 is 17.7 Å². The van der Waals surface area contributed by atoms with Crippen LogP contribution in [0.5, 0.6) is 0 Å². The number of H-pyrrole nitrogens is 1. The molecule has 1 saturated heterocycles. The largest absolute Gasteiger partial charge is 0.443 e. The summed E-state index contributed by atoms with van der Waals surface area (Å²) in [5, 5.41) is 3.15. The second-order valence-corrected chi connectivity index (χ2v) is 9.06. The van der Waals surface area contributed by atoms with Crippen LogP contribution < -0.4 is 10.2 Å². The van der Waals surface area contributed by atoms with E-state index in [1.807, 2.05) is 18.2 Å². The molecular formula is C20H28N4O3S. The average molecular weight is 405 g/mol. The summed E-state index contributed by atoms with van der Waals surface area (Å²) >= 11 is 1.76. The molecule has 1 aliphatic rings. The molecule has 0 spiro atoms. The number of aromatic amines is 1. The zero-order chi connectivity index (χ0) is 20.3. The predicted molar refractivity (Wildman–Crippen MR) is 112 cm³/mol. The van der Waals surface area contributed by atoms with E-state index in [4.69, 9.17) is 4.74 Å². The van der Waals surface area contributed by atoms with E-state index in [1.165, 1.54) is 0 Å². The number of fused-ring (bicyclic) bond motifs is 1. The van der Waals surface area contributed by atoms with Crippen molar-refractivity contribution in [2.45, 2.75) is 63.5 Å². The predicted octanol–water partition coefficient (Wildman–Crippen LogP) is 4.09. The van der Waals surface area contributed by atoms with Crippen LogP contribution in [0.15, 0.2) is 23.1 Å². The van der Waals surface area contributed by atoms with E-state index in [2.05, 4.69) is 22.2 Å². The van der Waals surface area contributed by atoms with E-state index in [0.717, 1.165) is 40.5 Å². The highest BCUT2D eigenvalue weighted by molar-refractivity contribution is 7.99. The number of nitrogens with zero attached hydrogens (tertiary/aromatic N) is 2. The van der Waals surface area contributed by atoms with E-state index in [-0.39, 0.29) is 11.9 Å². The highest BCUT2D eigenvalue weighted by Crippen LogP contribution is 2.26. The smallest absolute Gasteiger partial charge is 0.424 e. The number of nitrogens with one attached hydrogen (secondary N) is 2. The Labute approximate surface area is 169 Å². The second-order valence-electron chi connectivity index (χ2n) is 7.89. The Morgan fingerprint density at radius 2 is 2.14 bits per heavy atom. The van der Waals surface area contributed by atoms with Gasteiger partial charge in [-0.1, -0.05) is 6.92 Å². The highest BCUT2D eigenvalue weighted by Gasteiger charge is 2.36. The van der Waals surface area contributed by atoms with Crippen molar-refractivity contribution >= 4 is 40.7 Å². The molecule has 7 nitrogen and oxygen atoms in total. The van der Waals surface area contributed by atoms with Crippen molar-refractivity contribution in [3.8, 4) is 0 Å². The van der Waals surface area contributed by atoms with Crippen molar-refractivity contribution in [1.29, 1.82) is 0 Å². The lowest BCUT2D eigenvalue weighted by molar-refractivity contribution is -0.120. The fourth-order valence-electron chi connectivity index (χ4n) is 3.03. The van der Waals surface area contributed by atoms with Gasteiger partial charge in [-0.2, -0.15) is 4.90 Å². The van der Waals surface area contributed by atoms with Gasteiger partial charge in [-0.05, 0) is 70.5 Å². The first-order valence-corrected chi connectivity index (χ1v) is 10.7. The van der Waals surface area contributed by atoms with E-state index in [9.17, 15) is 9.59 Å². The minimum absolute atomic E-state index is 0.195. The minimum atomic E-state index is -0.717. The second kappa shape index (κ2) is 8.53. The van der Waals surface area contributed by atoms with Gasteiger partial charge in [-0.3, -0.25) is 4.79 Å². The number of hydrogen-bond acceptors (Lipinski definition) is 6. The van der Waals surface area contributed by atoms with Crippen molar-refractivity contribution in [2.75, 3.05) is 17.2 Å². The summed E-state index contributed by atoms with van der Waals surface area (Å²) in [6.45, 7) is 8.23. The fraction of sp³-hybridized carbons (Fsp3) is 0.550. The van der Waals surface area contributed by atoms with Gasteiger partial charge in [0.2, 0.25) is 5.95 Å². The molecule has 3 rings (SSSR count). The van der Waals surface area contributed by atoms with Gasteiger partial charge in [0, 0.05) is 4.90 Å². The number of carbonyl (C=O) groups excluding carboxylic acids is 2. The monoisotopic (exact) mass is 404 g/mol. The average Bonchev–Trinajstić information content (AvgIpc) is 3.27. The number of thioether (sulfide) groups is 1. The quantitative estimate of drug-likeness (QED) is 0.730. The SMILES string of the molecule is CCCSc1ccc2nc(N(C(=O)OC(C)(C)C)C(=O)[C@@H]3CCCN3)[nH]c2c1. The van der Waals surface area contributed by atoms with Crippen LogP contribution in [0, 0.1) is 0 Å². The van der Waals surface area contributed by atoms with Gasteiger partial charge < -0.3 is 15.0 Å². The molecule has 152 valence electrons. The molecule has 2 N–H and O–H groups in total. The summed E-state index contributed by atoms with van der Waals surface area (Å²) in [4.78, 5) is 35.7. The number of benzene rings is 1. The Hall–Kier alpha value is -2.06. The third-order valence-electron chi connectivity index (χ3n) is 4.28. The van der Waals surface area contributed by atoms with Gasteiger partial charge in [-0.15, -0.1) is 11.8 Å². The normalized spacial score (nSPS) is 17.1. The molecule has 0 saturated carbocycles. The van der Waals surface area contributed by atoms with Crippen molar-refractivity contribution in [1.82, 2.24) is 15.3 Å². The number of imidazole rings is 1. The van der Waals surface area contributed by atoms with E-state index >= 15 is 0 Å². The molecule has 1 aromatic heterocycles. The number of anilines is 1. The van der Waals surface area contributed by atoms with Crippen LogP contribution in [-0.2, 0) is 9.53 Å². The Morgan fingerprint density at radius 3 is 2.79 bits per heavy atom. The number of rotatable bonds is 5. The van der Waals surface area contributed by atoms with Crippen LogP contribution in [0.1, 0.15) is 47.0 Å². The summed E-state index contributed by atoms with van der Waals surface area (Å²) in [7, 11) is 0. The lowest BCUT2D eigenvalue weighted by atomic mass is 10.2. The van der Waals surface area contributed by atoms with Crippen LogP contribution >= 0.6 is 11.8 Å². The van der Waals surface area contributed by atoms with Crippen LogP contribution in [-0.4, -0.2) is 45.9 Å². The van der Waals surface area contributed by atoms with Crippen LogP contribution in [0.3, 0.4) is 0 Å². The molecule has 0 bridgehead atoms.